The Morgan fingerprint density at radius 1 is 1.26 bits per heavy atom. The van der Waals surface area contributed by atoms with Gasteiger partial charge in [-0.2, -0.15) is 0 Å². The number of carbonyl (C=O) groups excluding carboxylic acids is 1. The first-order valence-electron chi connectivity index (χ1n) is 7.94. The van der Waals surface area contributed by atoms with Crippen LogP contribution in [0.15, 0.2) is 41.5 Å². The number of amides is 1. The van der Waals surface area contributed by atoms with Gasteiger partial charge in [-0.1, -0.05) is 35.5 Å². The number of aromatic nitrogens is 3. The SMILES string of the molecule is Cl.NC(N)=NCCc1cn(CC(=O)N[C@@H](CC(=O)O)c2ccccc2)nn1. The zero-order valence-corrected chi connectivity index (χ0v) is 15.3. The summed E-state index contributed by atoms with van der Waals surface area (Å²) in [5, 5.41) is 19.6. The first-order chi connectivity index (χ1) is 12.4. The molecular weight excluding hydrogens is 374 g/mol. The van der Waals surface area contributed by atoms with E-state index < -0.39 is 12.0 Å². The average molecular weight is 396 g/mol. The number of carboxylic acid groups (broad SMARTS) is 1. The van der Waals surface area contributed by atoms with E-state index in [1.54, 1.807) is 30.5 Å². The Balaban J connectivity index is 0.00000364. The van der Waals surface area contributed by atoms with Gasteiger partial charge in [-0.25, -0.2) is 4.68 Å². The smallest absolute Gasteiger partial charge is 0.305 e. The summed E-state index contributed by atoms with van der Waals surface area (Å²) in [5.41, 5.74) is 11.9. The lowest BCUT2D eigenvalue weighted by Crippen LogP contribution is -2.33. The molecule has 10 nitrogen and oxygen atoms in total. The van der Waals surface area contributed by atoms with E-state index in [9.17, 15) is 9.59 Å². The number of aliphatic carboxylic acids is 1. The number of hydrogen-bond donors (Lipinski definition) is 4. The van der Waals surface area contributed by atoms with Crippen LogP contribution in [0.2, 0.25) is 0 Å². The Hall–Kier alpha value is -3.14. The van der Waals surface area contributed by atoms with Crippen molar-refractivity contribution in [3.05, 3.63) is 47.8 Å². The molecule has 0 unspecified atom stereocenters. The molecule has 2 aromatic rings. The van der Waals surface area contributed by atoms with Gasteiger partial charge in [0.25, 0.3) is 0 Å². The minimum absolute atomic E-state index is 0. The van der Waals surface area contributed by atoms with Gasteiger partial charge in [-0.3, -0.25) is 14.6 Å². The van der Waals surface area contributed by atoms with Crippen LogP contribution in [0.4, 0.5) is 0 Å². The number of guanidine groups is 1. The van der Waals surface area contributed by atoms with E-state index in [0.29, 0.717) is 18.7 Å². The molecular formula is C16H22ClN7O3. The Kier molecular flexibility index (Phi) is 8.73. The van der Waals surface area contributed by atoms with Crippen LogP contribution in [0, 0.1) is 0 Å². The van der Waals surface area contributed by atoms with E-state index >= 15 is 0 Å². The fraction of sp³-hybridized carbons (Fsp3) is 0.312. The molecule has 0 spiro atoms. The van der Waals surface area contributed by atoms with Crippen LogP contribution < -0.4 is 16.8 Å². The highest BCUT2D eigenvalue weighted by Gasteiger charge is 2.18. The van der Waals surface area contributed by atoms with Crippen molar-refractivity contribution in [3.63, 3.8) is 0 Å². The molecule has 0 bridgehead atoms. The highest BCUT2D eigenvalue weighted by atomic mass is 35.5. The normalized spacial score (nSPS) is 11.1. The number of halogens is 1. The molecule has 0 saturated heterocycles. The Morgan fingerprint density at radius 2 is 1.96 bits per heavy atom. The van der Waals surface area contributed by atoms with Crippen LogP contribution in [-0.2, 0) is 22.6 Å². The van der Waals surface area contributed by atoms with Gasteiger partial charge in [0, 0.05) is 19.2 Å². The number of nitrogens with two attached hydrogens (primary N) is 2. The largest absolute Gasteiger partial charge is 0.481 e. The van der Waals surface area contributed by atoms with Gasteiger partial charge in [0.15, 0.2) is 5.96 Å². The highest BCUT2D eigenvalue weighted by Crippen LogP contribution is 2.16. The quantitative estimate of drug-likeness (QED) is 0.339. The Labute approximate surface area is 162 Å². The van der Waals surface area contributed by atoms with Crippen LogP contribution in [0.1, 0.15) is 23.7 Å². The van der Waals surface area contributed by atoms with E-state index in [0.717, 1.165) is 5.56 Å². The van der Waals surface area contributed by atoms with Crippen molar-refractivity contribution in [2.75, 3.05) is 6.54 Å². The van der Waals surface area contributed by atoms with E-state index in [1.807, 2.05) is 6.07 Å². The lowest BCUT2D eigenvalue weighted by molar-refractivity contribution is -0.137. The van der Waals surface area contributed by atoms with E-state index in [-0.39, 0.29) is 37.2 Å². The summed E-state index contributed by atoms with van der Waals surface area (Å²) in [6, 6.07) is 8.32. The molecule has 0 fully saturated rings. The lowest BCUT2D eigenvalue weighted by Gasteiger charge is -2.17. The second-order valence-corrected chi connectivity index (χ2v) is 5.59. The van der Waals surface area contributed by atoms with Crippen molar-refractivity contribution in [3.8, 4) is 0 Å². The molecule has 0 aliphatic rings. The second-order valence-electron chi connectivity index (χ2n) is 5.59. The molecule has 1 aromatic carbocycles. The number of nitrogens with one attached hydrogen (secondary N) is 1. The topological polar surface area (TPSA) is 162 Å². The summed E-state index contributed by atoms with van der Waals surface area (Å²) < 4.78 is 1.38. The maximum atomic E-state index is 12.2. The van der Waals surface area contributed by atoms with Crippen molar-refractivity contribution in [2.45, 2.75) is 25.4 Å². The maximum Gasteiger partial charge on any atom is 0.305 e. The van der Waals surface area contributed by atoms with Gasteiger partial charge in [0.2, 0.25) is 5.91 Å². The van der Waals surface area contributed by atoms with Crippen molar-refractivity contribution in [1.29, 1.82) is 0 Å². The molecule has 1 atom stereocenters. The second kappa shape index (κ2) is 10.8. The molecule has 0 radical (unpaired) electrons. The first kappa shape index (κ1) is 21.9. The highest BCUT2D eigenvalue weighted by molar-refractivity contribution is 5.85. The predicted molar refractivity (Wildman–Crippen MR) is 101 cm³/mol. The van der Waals surface area contributed by atoms with Crippen molar-refractivity contribution < 1.29 is 14.7 Å². The molecule has 0 aliphatic heterocycles. The van der Waals surface area contributed by atoms with Crippen molar-refractivity contribution in [2.24, 2.45) is 16.5 Å². The third-order valence-corrected chi connectivity index (χ3v) is 3.47. The Bertz CT molecular complexity index is 775. The third-order valence-electron chi connectivity index (χ3n) is 3.47. The molecule has 27 heavy (non-hydrogen) atoms. The summed E-state index contributed by atoms with van der Waals surface area (Å²) in [6.45, 7) is 0.306. The summed E-state index contributed by atoms with van der Waals surface area (Å²) >= 11 is 0. The number of carbonyl (C=O) groups is 2. The fourth-order valence-corrected chi connectivity index (χ4v) is 2.33. The van der Waals surface area contributed by atoms with Gasteiger partial charge >= 0.3 is 5.97 Å². The number of aliphatic imine (C=N–C) groups is 1. The number of carboxylic acids is 1. The van der Waals surface area contributed by atoms with Gasteiger partial charge in [-0.15, -0.1) is 17.5 Å². The summed E-state index contributed by atoms with van der Waals surface area (Å²) in [7, 11) is 0. The lowest BCUT2D eigenvalue weighted by atomic mass is 10.0. The number of nitrogens with zero attached hydrogens (tertiary/aromatic N) is 4. The van der Waals surface area contributed by atoms with E-state index in [1.165, 1.54) is 4.68 Å². The fourth-order valence-electron chi connectivity index (χ4n) is 2.33. The molecule has 11 heteroatoms. The summed E-state index contributed by atoms with van der Waals surface area (Å²) in [6.07, 6.45) is 1.90. The molecule has 1 aromatic heterocycles. The maximum absolute atomic E-state index is 12.2. The standard InChI is InChI=1S/C16H21N7O3.ClH/c17-16(18)19-7-6-12-9-23(22-21-12)10-14(24)20-13(8-15(25)26)11-4-2-1-3-5-11;/h1-5,9,13H,6-8,10H2,(H,20,24)(H,25,26)(H4,17,18,19);1H/t13-;/m0./s1. The van der Waals surface area contributed by atoms with Gasteiger partial charge < -0.3 is 21.9 Å². The van der Waals surface area contributed by atoms with E-state index in [2.05, 4.69) is 20.6 Å². The molecule has 2 rings (SSSR count). The minimum Gasteiger partial charge on any atom is -0.481 e. The number of hydrogen-bond acceptors (Lipinski definition) is 5. The minimum atomic E-state index is -0.998. The van der Waals surface area contributed by atoms with Crippen LogP contribution in [-0.4, -0.2) is 44.5 Å². The van der Waals surface area contributed by atoms with E-state index in [4.69, 9.17) is 16.6 Å². The summed E-state index contributed by atoms with van der Waals surface area (Å²) in [5.74, 6) is -1.36. The Morgan fingerprint density at radius 3 is 2.59 bits per heavy atom. The monoisotopic (exact) mass is 395 g/mol. The zero-order valence-electron chi connectivity index (χ0n) is 14.5. The molecule has 6 N–H and O–H groups in total. The van der Waals surface area contributed by atoms with Gasteiger partial charge in [0.1, 0.15) is 6.54 Å². The van der Waals surface area contributed by atoms with Crippen LogP contribution in [0.5, 0.6) is 0 Å². The molecule has 1 heterocycles. The predicted octanol–water partition coefficient (Wildman–Crippen LogP) is -0.152. The number of benzene rings is 1. The van der Waals surface area contributed by atoms with Crippen molar-refractivity contribution in [1.82, 2.24) is 20.3 Å². The van der Waals surface area contributed by atoms with Crippen molar-refractivity contribution >= 4 is 30.2 Å². The summed E-state index contributed by atoms with van der Waals surface area (Å²) in [4.78, 5) is 27.2. The van der Waals surface area contributed by atoms with Crippen LogP contribution in [0.25, 0.3) is 0 Å². The average Bonchev–Trinajstić information content (AvgIpc) is 3.01. The van der Waals surface area contributed by atoms with Gasteiger partial charge in [-0.05, 0) is 5.56 Å². The molecule has 0 saturated carbocycles. The molecule has 0 aliphatic carbocycles. The molecule has 1 amide bonds. The van der Waals surface area contributed by atoms with Crippen LogP contribution in [0.3, 0.4) is 0 Å². The zero-order chi connectivity index (χ0) is 18.9. The third kappa shape index (κ3) is 7.74. The van der Waals surface area contributed by atoms with Crippen LogP contribution >= 0.6 is 12.4 Å². The number of rotatable bonds is 9. The molecule has 146 valence electrons. The first-order valence-corrected chi connectivity index (χ1v) is 7.94. The van der Waals surface area contributed by atoms with Gasteiger partial charge in [0.05, 0.1) is 18.2 Å².